The highest BCUT2D eigenvalue weighted by molar-refractivity contribution is 6.30. The molecule has 0 bridgehead atoms. The summed E-state index contributed by atoms with van der Waals surface area (Å²) < 4.78 is 12.7. The van der Waals surface area contributed by atoms with Gasteiger partial charge in [0.2, 0.25) is 0 Å². The summed E-state index contributed by atoms with van der Waals surface area (Å²) in [4.78, 5) is 0. The van der Waals surface area contributed by atoms with Crippen molar-refractivity contribution in [2.45, 2.75) is 25.4 Å². The molecular formula is C29H25Cl2NO3. The van der Waals surface area contributed by atoms with E-state index in [4.69, 9.17) is 32.7 Å². The third kappa shape index (κ3) is 6.93. The summed E-state index contributed by atoms with van der Waals surface area (Å²) in [6.07, 6.45) is -1.29. The van der Waals surface area contributed by atoms with Crippen LogP contribution >= 0.6 is 23.2 Å². The zero-order valence-corrected chi connectivity index (χ0v) is 20.4. The largest absolute Gasteiger partial charge is 0.411 e. The fourth-order valence-corrected chi connectivity index (χ4v) is 3.98. The number of halogens is 2. The highest BCUT2D eigenvalue weighted by atomic mass is 35.5. The van der Waals surface area contributed by atoms with Gasteiger partial charge in [0, 0.05) is 10.0 Å². The van der Waals surface area contributed by atoms with E-state index in [9.17, 15) is 5.21 Å². The molecule has 1 N–H and O–H groups in total. The van der Waals surface area contributed by atoms with Crippen LogP contribution in [0.1, 0.15) is 34.5 Å². The fraction of sp³-hybridized carbons (Fsp3) is 0.138. The molecule has 0 radical (unpaired) electrons. The molecule has 0 fully saturated rings. The summed E-state index contributed by atoms with van der Waals surface area (Å²) in [6, 6.07) is 34.3. The third-order valence-corrected chi connectivity index (χ3v) is 6.02. The number of nitrogens with zero attached hydrogens (tertiary/aromatic N) is 1. The van der Waals surface area contributed by atoms with E-state index in [0.29, 0.717) is 29.0 Å². The molecule has 0 amide bonds. The van der Waals surface area contributed by atoms with Crippen LogP contribution in [-0.2, 0) is 22.7 Å². The predicted molar refractivity (Wildman–Crippen MR) is 140 cm³/mol. The minimum absolute atomic E-state index is 0.300. The highest BCUT2D eigenvalue weighted by Gasteiger charge is 2.30. The van der Waals surface area contributed by atoms with E-state index in [1.165, 1.54) is 0 Å². The molecule has 4 aromatic carbocycles. The second-order valence-electron chi connectivity index (χ2n) is 7.98. The zero-order chi connectivity index (χ0) is 24.5. The minimum atomic E-state index is -0.646. The first kappa shape index (κ1) is 25.0. The van der Waals surface area contributed by atoms with E-state index in [1.54, 1.807) is 0 Å². The van der Waals surface area contributed by atoms with Crippen LogP contribution in [0, 0.1) is 0 Å². The molecular weight excluding hydrogens is 481 g/mol. The molecule has 0 aromatic heterocycles. The van der Waals surface area contributed by atoms with Gasteiger partial charge in [-0.3, -0.25) is 0 Å². The Balaban J connectivity index is 1.65. The number of ether oxygens (including phenoxy) is 2. The Kier molecular flexibility index (Phi) is 8.93. The summed E-state index contributed by atoms with van der Waals surface area (Å²) in [5.74, 6) is 0. The lowest BCUT2D eigenvalue weighted by atomic mass is 9.96. The van der Waals surface area contributed by atoms with Crippen molar-refractivity contribution in [1.82, 2.24) is 0 Å². The molecule has 0 spiro atoms. The average Bonchev–Trinajstić information content (AvgIpc) is 2.91. The van der Waals surface area contributed by atoms with Crippen LogP contribution in [0.4, 0.5) is 0 Å². The summed E-state index contributed by atoms with van der Waals surface area (Å²) in [5, 5.41) is 15.3. The summed E-state index contributed by atoms with van der Waals surface area (Å²) >= 11 is 12.1. The molecule has 6 heteroatoms. The van der Waals surface area contributed by atoms with Gasteiger partial charge in [-0.1, -0.05) is 113 Å². The van der Waals surface area contributed by atoms with Crippen LogP contribution in [0.15, 0.2) is 114 Å². The smallest absolute Gasteiger partial charge is 0.127 e. The average molecular weight is 506 g/mol. The second-order valence-corrected chi connectivity index (χ2v) is 8.85. The molecule has 35 heavy (non-hydrogen) atoms. The molecule has 2 unspecified atom stereocenters. The van der Waals surface area contributed by atoms with Crippen LogP contribution in [-0.4, -0.2) is 10.9 Å². The molecule has 4 nitrogen and oxygen atoms in total. The summed E-state index contributed by atoms with van der Waals surface area (Å²) in [5.41, 5.74) is 3.96. The van der Waals surface area contributed by atoms with Gasteiger partial charge in [-0.2, -0.15) is 0 Å². The Labute approximate surface area is 215 Å². The number of hydrogen-bond donors (Lipinski definition) is 1. The molecule has 178 valence electrons. The van der Waals surface area contributed by atoms with E-state index >= 15 is 0 Å². The van der Waals surface area contributed by atoms with Gasteiger partial charge in [-0.05, 0) is 46.5 Å². The molecule has 0 saturated carbocycles. The first-order valence-corrected chi connectivity index (χ1v) is 11.9. The standard InChI is InChI=1S/C29H25Cl2NO3/c30-25-15-11-21(12-16-25)19-34-28(23-7-3-1-4-8-23)27(32-33)29(24-9-5-2-6-10-24)35-20-22-13-17-26(31)18-14-22/h1-18,28-29,33H,19-20H2. The molecule has 4 aromatic rings. The molecule has 4 rings (SSSR count). The topological polar surface area (TPSA) is 51.1 Å². The molecule has 0 saturated heterocycles. The van der Waals surface area contributed by atoms with Gasteiger partial charge in [0.15, 0.2) is 0 Å². The molecule has 0 aliphatic carbocycles. The number of benzene rings is 4. The van der Waals surface area contributed by atoms with E-state index in [2.05, 4.69) is 5.16 Å². The predicted octanol–water partition coefficient (Wildman–Crippen LogP) is 8.04. The molecule has 0 aliphatic rings. The van der Waals surface area contributed by atoms with Crippen molar-refractivity contribution in [2.75, 3.05) is 0 Å². The van der Waals surface area contributed by atoms with Gasteiger partial charge < -0.3 is 14.7 Å². The van der Waals surface area contributed by atoms with Gasteiger partial charge >= 0.3 is 0 Å². The lowest BCUT2D eigenvalue weighted by molar-refractivity contribution is 0.0456. The van der Waals surface area contributed by atoms with Gasteiger partial charge in [0.1, 0.15) is 17.9 Å². The van der Waals surface area contributed by atoms with Crippen molar-refractivity contribution in [3.63, 3.8) is 0 Å². The van der Waals surface area contributed by atoms with Gasteiger partial charge in [-0.15, -0.1) is 0 Å². The Morgan fingerprint density at radius 2 is 0.971 bits per heavy atom. The molecule has 0 heterocycles. The maximum Gasteiger partial charge on any atom is 0.127 e. The maximum atomic E-state index is 10.2. The monoisotopic (exact) mass is 505 g/mol. The van der Waals surface area contributed by atoms with Crippen molar-refractivity contribution in [3.8, 4) is 0 Å². The van der Waals surface area contributed by atoms with E-state index < -0.39 is 12.2 Å². The van der Waals surface area contributed by atoms with Crippen molar-refractivity contribution in [3.05, 3.63) is 141 Å². The van der Waals surface area contributed by atoms with E-state index in [-0.39, 0.29) is 0 Å². The van der Waals surface area contributed by atoms with Crippen molar-refractivity contribution < 1.29 is 14.7 Å². The van der Waals surface area contributed by atoms with Crippen LogP contribution in [0.5, 0.6) is 0 Å². The van der Waals surface area contributed by atoms with Crippen LogP contribution in [0.2, 0.25) is 10.0 Å². The van der Waals surface area contributed by atoms with E-state index in [1.807, 2.05) is 109 Å². The van der Waals surface area contributed by atoms with Gasteiger partial charge in [0.25, 0.3) is 0 Å². The maximum absolute atomic E-state index is 10.2. The Bertz CT molecular complexity index is 1120. The molecule has 0 aliphatic heterocycles. The first-order valence-electron chi connectivity index (χ1n) is 11.2. The van der Waals surface area contributed by atoms with Crippen molar-refractivity contribution in [1.29, 1.82) is 0 Å². The fourth-order valence-electron chi connectivity index (χ4n) is 3.72. The van der Waals surface area contributed by atoms with Crippen molar-refractivity contribution in [2.24, 2.45) is 5.16 Å². The van der Waals surface area contributed by atoms with Crippen LogP contribution in [0.3, 0.4) is 0 Å². The SMILES string of the molecule is ON=C(C(OCc1ccc(Cl)cc1)c1ccccc1)C(OCc1ccc(Cl)cc1)c1ccccc1. The third-order valence-electron chi connectivity index (χ3n) is 5.52. The van der Waals surface area contributed by atoms with Crippen LogP contribution in [0.25, 0.3) is 0 Å². The second kappa shape index (κ2) is 12.5. The lowest BCUT2D eigenvalue weighted by Gasteiger charge is -2.26. The minimum Gasteiger partial charge on any atom is -0.411 e. The van der Waals surface area contributed by atoms with Crippen LogP contribution < -0.4 is 0 Å². The molecule has 2 atom stereocenters. The normalized spacial score (nSPS) is 12.6. The quantitative estimate of drug-likeness (QED) is 0.135. The Morgan fingerprint density at radius 1 is 0.600 bits per heavy atom. The number of hydrogen-bond acceptors (Lipinski definition) is 4. The lowest BCUT2D eigenvalue weighted by Crippen LogP contribution is -2.25. The highest BCUT2D eigenvalue weighted by Crippen LogP contribution is 2.31. The van der Waals surface area contributed by atoms with Crippen molar-refractivity contribution >= 4 is 28.9 Å². The summed E-state index contributed by atoms with van der Waals surface area (Å²) in [7, 11) is 0. The number of oxime groups is 1. The number of rotatable bonds is 10. The summed E-state index contributed by atoms with van der Waals surface area (Å²) in [6.45, 7) is 0.600. The Morgan fingerprint density at radius 3 is 1.31 bits per heavy atom. The van der Waals surface area contributed by atoms with E-state index in [0.717, 1.165) is 22.3 Å². The first-order chi connectivity index (χ1) is 17.1. The van der Waals surface area contributed by atoms with Gasteiger partial charge in [0.05, 0.1) is 13.2 Å². The zero-order valence-electron chi connectivity index (χ0n) is 18.9. The Hall–Kier alpha value is -3.15. The van der Waals surface area contributed by atoms with Gasteiger partial charge in [-0.25, -0.2) is 0 Å².